The highest BCUT2D eigenvalue weighted by molar-refractivity contribution is 5.85. The van der Waals surface area contributed by atoms with Crippen molar-refractivity contribution in [1.29, 1.82) is 0 Å². The van der Waals surface area contributed by atoms with Gasteiger partial charge in [-0.2, -0.15) is 0 Å². The van der Waals surface area contributed by atoms with E-state index in [1.54, 1.807) is 7.11 Å². The van der Waals surface area contributed by atoms with Gasteiger partial charge in [0.25, 0.3) is 0 Å². The number of carbonyl (C=O) groups is 1. The van der Waals surface area contributed by atoms with Crippen molar-refractivity contribution in [3.8, 4) is 11.5 Å². The maximum Gasteiger partial charge on any atom is 0.239 e. The third-order valence-electron chi connectivity index (χ3n) is 4.53. The molecule has 1 unspecified atom stereocenters. The highest BCUT2D eigenvalue weighted by Crippen LogP contribution is 2.32. The Morgan fingerprint density at radius 2 is 2.12 bits per heavy atom. The topological polar surface area (TPSA) is 68.8 Å². The third-order valence-corrected chi connectivity index (χ3v) is 4.53. The lowest BCUT2D eigenvalue weighted by Gasteiger charge is -2.23. The summed E-state index contributed by atoms with van der Waals surface area (Å²) in [6.07, 6.45) is 4.90. The number of carbonyl (C=O) groups excluding carboxylic acids is 1. The summed E-state index contributed by atoms with van der Waals surface area (Å²) >= 11 is 0. The van der Waals surface area contributed by atoms with Gasteiger partial charge >= 0.3 is 0 Å². The number of hydrogen-bond acceptors (Lipinski definition) is 5. The smallest absolute Gasteiger partial charge is 0.239 e. The molecule has 7 heteroatoms. The van der Waals surface area contributed by atoms with Gasteiger partial charge in [0, 0.05) is 13.1 Å². The van der Waals surface area contributed by atoms with E-state index in [1.165, 1.54) is 12.8 Å². The first-order valence-electron chi connectivity index (χ1n) is 8.68. The first-order chi connectivity index (χ1) is 11.8. The SMILES string of the molecule is COc1ccc(CNC(=O)C2COCCN2)cc1OC1CCCC1.Cl. The Balaban J connectivity index is 0.00000225. The van der Waals surface area contributed by atoms with Crippen LogP contribution >= 0.6 is 12.4 Å². The molecule has 3 rings (SSSR count). The van der Waals surface area contributed by atoms with Crippen molar-refractivity contribution in [3.05, 3.63) is 23.8 Å². The molecular weight excluding hydrogens is 344 g/mol. The average Bonchev–Trinajstić information content (AvgIpc) is 3.13. The number of hydrogen-bond donors (Lipinski definition) is 2. The molecular formula is C18H27ClN2O4. The predicted octanol–water partition coefficient (Wildman–Crippen LogP) is 2.04. The van der Waals surface area contributed by atoms with E-state index in [9.17, 15) is 4.79 Å². The quantitative estimate of drug-likeness (QED) is 0.802. The fourth-order valence-electron chi connectivity index (χ4n) is 3.16. The molecule has 1 amide bonds. The Kier molecular flexibility index (Phi) is 7.81. The number of amides is 1. The van der Waals surface area contributed by atoms with Crippen LogP contribution in [-0.4, -0.2) is 44.9 Å². The number of benzene rings is 1. The van der Waals surface area contributed by atoms with Gasteiger partial charge in [0.2, 0.25) is 5.91 Å². The van der Waals surface area contributed by atoms with Crippen LogP contribution in [-0.2, 0) is 16.1 Å². The standard InChI is InChI=1S/C18H26N2O4.ClH/c1-22-16-7-6-13(10-17(16)24-14-4-2-3-5-14)11-20-18(21)15-12-23-9-8-19-15;/h6-7,10,14-15,19H,2-5,8-9,11-12H2,1H3,(H,20,21);1H. The molecule has 1 aliphatic carbocycles. The van der Waals surface area contributed by atoms with E-state index in [-0.39, 0.29) is 30.5 Å². The Bertz CT molecular complexity index is 558. The predicted molar refractivity (Wildman–Crippen MR) is 97.6 cm³/mol. The van der Waals surface area contributed by atoms with Crippen LogP contribution in [0.2, 0.25) is 0 Å². The van der Waals surface area contributed by atoms with Crippen molar-refractivity contribution in [3.63, 3.8) is 0 Å². The first-order valence-corrected chi connectivity index (χ1v) is 8.68. The number of methoxy groups -OCH3 is 1. The zero-order valence-corrected chi connectivity index (χ0v) is 15.4. The van der Waals surface area contributed by atoms with Crippen LogP contribution in [0, 0.1) is 0 Å². The van der Waals surface area contributed by atoms with E-state index >= 15 is 0 Å². The van der Waals surface area contributed by atoms with E-state index in [0.29, 0.717) is 26.3 Å². The average molecular weight is 371 g/mol. The largest absolute Gasteiger partial charge is 0.493 e. The fraction of sp³-hybridized carbons (Fsp3) is 0.611. The van der Waals surface area contributed by atoms with E-state index in [1.807, 2.05) is 18.2 Å². The van der Waals surface area contributed by atoms with E-state index in [4.69, 9.17) is 14.2 Å². The second-order valence-corrected chi connectivity index (χ2v) is 6.31. The summed E-state index contributed by atoms with van der Waals surface area (Å²) < 4.78 is 16.8. The molecule has 1 aromatic carbocycles. The summed E-state index contributed by atoms with van der Waals surface area (Å²) in [5.74, 6) is 1.46. The van der Waals surface area contributed by atoms with Crippen LogP contribution in [0.3, 0.4) is 0 Å². The van der Waals surface area contributed by atoms with Gasteiger partial charge in [0.1, 0.15) is 6.04 Å². The molecule has 2 aliphatic rings. The van der Waals surface area contributed by atoms with Crippen LogP contribution in [0.25, 0.3) is 0 Å². The molecule has 0 spiro atoms. The number of morpholine rings is 1. The molecule has 0 aromatic heterocycles. The Morgan fingerprint density at radius 3 is 2.80 bits per heavy atom. The van der Waals surface area contributed by atoms with E-state index in [0.717, 1.165) is 29.9 Å². The van der Waals surface area contributed by atoms with Crippen molar-refractivity contribution in [2.45, 2.75) is 44.4 Å². The van der Waals surface area contributed by atoms with Gasteiger partial charge in [0.05, 0.1) is 26.4 Å². The number of halogens is 1. The maximum absolute atomic E-state index is 12.1. The summed E-state index contributed by atoms with van der Waals surface area (Å²) in [7, 11) is 1.65. The minimum atomic E-state index is -0.272. The number of ether oxygens (including phenoxy) is 3. The Labute approximate surface area is 155 Å². The fourth-order valence-corrected chi connectivity index (χ4v) is 3.16. The van der Waals surface area contributed by atoms with Crippen LogP contribution < -0.4 is 20.1 Å². The van der Waals surface area contributed by atoms with E-state index in [2.05, 4.69) is 10.6 Å². The molecule has 1 heterocycles. The minimum absolute atomic E-state index is 0. The van der Waals surface area contributed by atoms with Gasteiger partial charge < -0.3 is 24.8 Å². The Morgan fingerprint density at radius 1 is 1.32 bits per heavy atom. The van der Waals surface area contributed by atoms with Crippen LogP contribution in [0.4, 0.5) is 0 Å². The lowest BCUT2D eigenvalue weighted by Crippen LogP contribution is -2.51. The van der Waals surface area contributed by atoms with Crippen molar-refractivity contribution in [2.24, 2.45) is 0 Å². The molecule has 6 nitrogen and oxygen atoms in total. The second kappa shape index (κ2) is 9.85. The molecule has 0 radical (unpaired) electrons. The summed E-state index contributed by atoms with van der Waals surface area (Å²) in [5, 5.41) is 6.10. The van der Waals surface area contributed by atoms with Gasteiger partial charge in [-0.05, 0) is 43.4 Å². The summed E-state index contributed by atoms with van der Waals surface area (Å²) in [6, 6.07) is 5.53. The van der Waals surface area contributed by atoms with Crippen LogP contribution in [0.15, 0.2) is 18.2 Å². The van der Waals surface area contributed by atoms with Crippen LogP contribution in [0.1, 0.15) is 31.2 Å². The van der Waals surface area contributed by atoms with E-state index < -0.39 is 0 Å². The lowest BCUT2D eigenvalue weighted by molar-refractivity contribution is -0.126. The maximum atomic E-state index is 12.1. The third kappa shape index (κ3) is 5.49. The van der Waals surface area contributed by atoms with Crippen molar-refractivity contribution in [2.75, 3.05) is 26.9 Å². The number of nitrogens with one attached hydrogen (secondary N) is 2. The van der Waals surface area contributed by atoms with Gasteiger partial charge in [0.15, 0.2) is 11.5 Å². The minimum Gasteiger partial charge on any atom is -0.493 e. The highest BCUT2D eigenvalue weighted by atomic mass is 35.5. The van der Waals surface area contributed by atoms with Crippen LogP contribution in [0.5, 0.6) is 11.5 Å². The molecule has 140 valence electrons. The van der Waals surface area contributed by atoms with Crippen molar-refractivity contribution >= 4 is 18.3 Å². The molecule has 1 aromatic rings. The van der Waals surface area contributed by atoms with Crippen molar-refractivity contribution < 1.29 is 19.0 Å². The normalized spacial score (nSPS) is 20.6. The Hall–Kier alpha value is -1.50. The molecule has 2 fully saturated rings. The van der Waals surface area contributed by atoms with Gasteiger partial charge in [-0.3, -0.25) is 4.79 Å². The summed E-state index contributed by atoms with van der Waals surface area (Å²) in [4.78, 5) is 12.1. The zero-order valence-electron chi connectivity index (χ0n) is 14.6. The van der Waals surface area contributed by atoms with Gasteiger partial charge in [-0.1, -0.05) is 6.07 Å². The van der Waals surface area contributed by atoms with Gasteiger partial charge in [-0.25, -0.2) is 0 Å². The van der Waals surface area contributed by atoms with Gasteiger partial charge in [-0.15, -0.1) is 12.4 Å². The lowest BCUT2D eigenvalue weighted by atomic mass is 10.2. The highest BCUT2D eigenvalue weighted by Gasteiger charge is 2.21. The van der Waals surface area contributed by atoms with Crippen molar-refractivity contribution in [1.82, 2.24) is 10.6 Å². The summed E-state index contributed by atoms with van der Waals surface area (Å²) in [5.41, 5.74) is 0.994. The molecule has 25 heavy (non-hydrogen) atoms. The summed E-state index contributed by atoms with van der Waals surface area (Å²) in [6.45, 7) is 2.25. The number of rotatable bonds is 6. The molecule has 1 aliphatic heterocycles. The zero-order chi connectivity index (χ0) is 16.8. The molecule has 1 saturated carbocycles. The molecule has 0 bridgehead atoms. The first kappa shape index (κ1) is 19.8. The molecule has 1 saturated heterocycles. The molecule has 1 atom stereocenters. The monoisotopic (exact) mass is 370 g/mol. The second-order valence-electron chi connectivity index (χ2n) is 6.31. The molecule has 2 N–H and O–H groups in total.